The molecular formula is C18H19Cl2N4O3P. The summed E-state index contributed by atoms with van der Waals surface area (Å²) in [6.07, 6.45) is 6.75. The Labute approximate surface area is 172 Å². The monoisotopic (exact) mass is 440 g/mol. The summed E-state index contributed by atoms with van der Waals surface area (Å²) in [5.74, 6) is 0.620. The van der Waals surface area contributed by atoms with Crippen molar-refractivity contribution in [2.45, 2.75) is 12.8 Å². The van der Waals surface area contributed by atoms with Crippen LogP contribution in [0.25, 0.3) is 16.6 Å². The number of halogens is 2. The van der Waals surface area contributed by atoms with Crippen LogP contribution >= 0.6 is 30.8 Å². The van der Waals surface area contributed by atoms with Crippen molar-refractivity contribution in [2.24, 2.45) is 5.92 Å². The average Bonchev–Trinajstić information content (AvgIpc) is 3.17. The highest BCUT2D eigenvalue weighted by molar-refractivity contribution is 7.51. The molecule has 0 spiro atoms. The first-order valence-corrected chi connectivity index (χ1v) is 11.4. The number of imidazole rings is 1. The summed E-state index contributed by atoms with van der Waals surface area (Å²) in [6, 6.07) is 5.57. The van der Waals surface area contributed by atoms with E-state index in [1.807, 2.05) is 22.9 Å². The van der Waals surface area contributed by atoms with Gasteiger partial charge in [0.15, 0.2) is 0 Å². The van der Waals surface area contributed by atoms with Gasteiger partial charge in [-0.15, -0.1) is 0 Å². The minimum absolute atomic E-state index is 0.0846. The van der Waals surface area contributed by atoms with Crippen LogP contribution < -0.4 is 4.90 Å². The molecule has 1 unspecified atom stereocenters. The van der Waals surface area contributed by atoms with Gasteiger partial charge < -0.3 is 19.3 Å². The fraction of sp³-hybridized carbons (Fsp3) is 0.333. The van der Waals surface area contributed by atoms with Crippen molar-refractivity contribution in [3.8, 4) is 5.69 Å². The quantitative estimate of drug-likeness (QED) is 0.592. The number of hydrogen-bond donors (Lipinski definition) is 2. The van der Waals surface area contributed by atoms with Gasteiger partial charge in [0.1, 0.15) is 5.82 Å². The summed E-state index contributed by atoms with van der Waals surface area (Å²) in [5.41, 5.74) is 1.46. The highest BCUT2D eigenvalue weighted by Crippen LogP contribution is 2.40. The second-order valence-corrected chi connectivity index (χ2v) is 9.51. The standard InChI is InChI=1S/C18H19Cl2N4O3P/c19-14-4-3-13-15(24-7-5-21-11-24)8-16(22-18(13)17(14)20)23-6-1-2-12(9-23)10-28(25,26)27/h3-5,7-8,11-12H,1-2,6,9-10H2,(H2,25,26,27). The lowest BCUT2D eigenvalue weighted by Crippen LogP contribution is -2.37. The lowest BCUT2D eigenvalue weighted by atomic mass is 10.00. The van der Waals surface area contributed by atoms with Crippen LogP contribution in [-0.4, -0.2) is 43.6 Å². The number of rotatable bonds is 4. The van der Waals surface area contributed by atoms with Crippen molar-refractivity contribution in [1.82, 2.24) is 14.5 Å². The van der Waals surface area contributed by atoms with Crippen molar-refractivity contribution in [3.63, 3.8) is 0 Å². The average molecular weight is 441 g/mol. The maximum Gasteiger partial charge on any atom is 0.325 e. The van der Waals surface area contributed by atoms with E-state index in [2.05, 4.69) is 9.88 Å². The number of aromatic nitrogens is 3. The smallest absolute Gasteiger partial charge is 0.325 e. The fourth-order valence-corrected chi connectivity index (χ4v) is 5.07. The van der Waals surface area contributed by atoms with Crippen LogP contribution in [0.4, 0.5) is 5.82 Å². The van der Waals surface area contributed by atoms with Gasteiger partial charge in [0.05, 0.1) is 33.7 Å². The normalized spacial score (nSPS) is 18.0. The molecule has 1 aliphatic rings. The lowest BCUT2D eigenvalue weighted by Gasteiger charge is -2.34. The van der Waals surface area contributed by atoms with E-state index in [1.54, 1.807) is 18.6 Å². The molecule has 4 rings (SSSR count). The molecule has 1 aliphatic heterocycles. The number of benzene rings is 1. The summed E-state index contributed by atoms with van der Waals surface area (Å²) in [6.45, 7) is 1.29. The molecule has 0 aliphatic carbocycles. The van der Waals surface area contributed by atoms with Crippen LogP contribution in [0.1, 0.15) is 12.8 Å². The zero-order valence-corrected chi connectivity index (χ0v) is 17.3. The maximum atomic E-state index is 11.4. The summed E-state index contributed by atoms with van der Waals surface area (Å²) < 4.78 is 13.3. The molecule has 0 bridgehead atoms. The zero-order valence-electron chi connectivity index (χ0n) is 14.9. The van der Waals surface area contributed by atoms with Crippen molar-refractivity contribution in [1.29, 1.82) is 0 Å². The van der Waals surface area contributed by atoms with Crippen LogP contribution in [0.2, 0.25) is 10.0 Å². The maximum absolute atomic E-state index is 11.4. The van der Waals surface area contributed by atoms with Crippen molar-refractivity contribution in [3.05, 3.63) is 47.0 Å². The second-order valence-electron chi connectivity index (χ2n) is 7.03. The molecule has 0 saturated carbocycles. The van der Waals surface area contributed by atoms with Gasteiger partial charge in [0.2, 0.25) is 0 Å². The molecule has 2 aromatic heterocycles. The third-order valence-corrected chi connectivity index (χ3v) is 6.75. The Morgan fingerprint density at radius 3 is 2.82 bits per heavy atom. The van der Waals surface area contributed by atoms with E-state index in [0.29, 0.717) is 27.9 Å². The largest absolute Gasteiger partial charge is 0.356 e. The lowest BCUT2D eigenvalue weighted by molar-refractivity contribution is 0.349. The summed E-state index contributed by atoms with van der Waals surface area (Å²) in [7, 11) is -4.05. The Morgan fingerprint density at radius 2 is 2.11 bits per heavy atom. The van der Waals surface area contributed by atoms with Gasteiger partial charge in [-0.05, 0) is 30.9 Å². The molecule has 1 aromatic carbocycles. The molecule has 28 heavy (non-hydrogen) atoms. The van der Waals surface area contributed by atoms with E-state index in [0.717, 1.165) is 30.5 Å². The first-order chi connectivity index (χ1) is 13.3. The molecule has 1 fully saturated rings. The van der Waals surface area contributed by atoms with Gasteiger partial charge in [-0.2, -0.15) is 0 Å². The predicted octanol–water partition coefficient (Wildman–Crippen LogP) is 4.12. The Kier molecular flexibility index (Phi) is 5.38. The molecule has 7 nitrogen and oxygen atoms in total. The van der Waals surface area contributed by atoms with Crippen molar-refractivity contribution >= 4 is 47.5 Å². The van der Waals surface area contributed by atoms with Crippen molar-refractivity contribution in [2.75, 3.05) is 24.2 Å². The van der Waals surface area contributed by atoms with E-state index in [-0.39, 0.29) is 12.1 Å². The molecule has 3 heterocycles. The number of anilines is 1. The number of piperidine rings is 1. The summed E-state index contributed by atoms with van der Waals surface area (Å²) >= 11 is 12.7. The van der Waals surface area contributed by atoms with Gasteiger partial charge in [-0.1, -0.05) is 23.2 Å². The van der Waals surface area contributed by atoms with E-state index in [9.17, 15) is 14.4 Å². The SMILES string of the molecule is O=P(O)(O)CC1CCCN(c2cc(-n3ccnc3)c3ccc(Cl)c(Cl)c3n2)C1. The van der Waals surface area contributed by atoms with Gasteiger partial charge >= 0.3 is 7.60 Å². The van der Waals surface area contributed by atoms with E-state index < -0.39 is 7.60 Å². The molecule has 0 amide bonds. The number of hydrogen-bond acceptors (Lipinski definition) is 4. The summed E-state index contributed by atoms with van der Waals surface area (Å²) in [5, 5.41) is 1.65. The highest BCUT2D eigenvalue weighted by Gasteiger charge is 2.28. The minimum atomic E-state index is -4.05. The topological polar surface area (TPSA) is 91.5 Å². The van der Waals surface area contributed by atoms with Crippen LogP contribution in [0.3, 0.4) is 0 Å². The van der Waals surface area contributed by atoms with Gasteiger partial charge in [-0.3, -0.25) is 4.57 Å². The second kappa shape index (κ2) is 7.65. The van der Waals surface area contributed by atoms with Gasteiger partial charge in [0.25, 0.3) is 0 Å². The van der Waals surface area contributed by atoms with Gasteiger partial charge in [0, 0.05) is 36.9 Å². The first kappa shape index (κ1) is 19.7. The first-order valence-electron chi connectivity index (χ1n) is 8.88. The highest BCUT2D eigenvalue weighted by atomic mass is 35.5. The van der Waals surface area contributed by atoms with Gasteiger partial charge in [-0.25, -0.2) is 9.97 Å². The third kappa shape index (κ3) is 4.04. The van der Waals surface area contributed by atoms with Crippen molar-refractivity contribution < 1.29 is 14.4 Å². The molecule has 3 aromatic rings. The van der Waals surface area contributed by atoms with E-state index in [1.165, 1.54) is 0 Å². The molecule has 1 atom stereocenters. The molecular weight excluding hydrogens is 422 g/mol. The third-order valence-electron chi connectivity index (χ3n) is 4.96. The molecule has 2 N–H and O–H groups in total. The Bertz CT molecular complexity index is 1050. The van der Waals surface area contributed by atoms with E-state index in [4.69, 9.17) is 28.2 Å². The van der Waals surface area contributed by atoms with Crippen LogP contribution in [0, 0.1) is 5.92 Å². The van der Waals surface area contributed by atoms with E-state index >= 15 is 0 Å². The fourth-order valence-electron chi connectivity index (χ4n) is 3.74. The molecule has 148 valence electrons. The predicted molar refractivity (Wildman–Crippen MR) is 111 cm³/mol. The number of nitrogens with zero attached hydrogens (tertiary/aromatic N) is 4. The van der Waals surface area contributed by atoms with Crippen LogP contribution in [0.15, 0.2) is 36.9 Å². The Balaban J connectivity index is 1.79. The molecule has 1 saturated heterocycles. The molecule has 10 heteroatoms. The Hall–Kier alpha value is -1.63. The molecule has 0 radical (unpaired) electrons. The number of fused-ring (bicyclic) bond motifs is 1. The van der Waals surface area contributed by atoms with Crippen LogP contribution in [-0.2, 0) is 4.57 Å². The number of pyridine rings is 1. The van der Waals surface area contributed by atoms with Crippen LogP contribution in [0.5, 0.6) is 0 Å². The zero-order chi connectivity index (χ0) is 19.9. The Morgan fingerprint density at radius 1 is 1.29 bits per heavy atom. The minimum Gasteiger partial charge on any atom is -0.356 e. The summed E-state index contributed by atoms with van der Waals surface area (Å²) in [4.78, 5) is 29.6.